The summed E-state index contributed by atoms with van der Waals surface area (Å²) in [6, 6.07) is 3.67. The van der Waals surface area contributed by atoms with Crippen molar-refractivity contribution in [2.45, 2.75) is 32.4 Å². The van der Waals surface area contributed by atoms with Gasteiger partial charge in [-0.3, -0.25) is 14.8 Å². The topological polar surface area (TPSA) is 76.0 Å². The lowest BCUT2D eigenvalue weighted by molar-refractivity contribution is -0.0371. The SMILES string of the molecule is CC(C)c1n[nH]c([C@@H]2CN(Cc3ccn(C)c(=O)c3)CCO2)n1. The van der Waals surface area contributed by atoms with E-state index < -0.39 is 0 Å². The highest BCUT2D eigenvalue weighted by molar-refractivity contribution is 5.11. The van der Waals surface area contributed by atoms with Crippen LogP contribution in [0.25, 0.3) is 0 Å². The summed E-state index contributed by atoms with van der Waals surface area (Å²) >= 11 is 0. The van der Waals surface area contributed by atoms with Gasteiger partial charge in [-0.1, -0.05) is 13.8 Å². The molecule has 0 aromatic carbocycles. The number of pyridine rings is 1. The molecule has 7 nitrogen and oxygen atoms in total. The van der Waals surface area contributed by atoms with Crippen molar-refractivity contribution in [3.05, 3.63) is 45.9 Å². The molecule has 1 saturated heterocycles. The molecule has 7 heteroatoms. The molecule has 0 spiro atoms. The number of hydrogen-bond acceptors (Lipinski definition) is 5. The number of nitrogens with one attached hydrogen (secondary N) is 1. The van der Waals surface area contributed by atoms with E-state index in [1.807, 2.05) is 6.07 Å². The minimum atomic E-state index is -0.102. The second-order valence-corrected chi connectivity index (χ2v) is 6.31. The summed E-state index contributed by atoms with van der Waals surface area (Å²) in [6.07, 6.45) is 1.70. The predicted octanol–water partition coefficient (Wildman–Crippen LogP) is 1.20. The minimum Gasteiger partial charge on any atom is -0.368 e. The van der Waals surface area contributed by atoms with Gasteiger partial charge in [-0.25, -0.2) is 4.98 Å². The fourth-order valence-electron chi connectivity index (χ4n) is 2.65. The van der Waals surface area contributed by atoms with Gasteiger partial charge in [0.25, 0.3) is 5.56 Å². The molecular weight excluding hydrogens is 294 g/mol. The first kappa shape index (κ1) is 15.9. The summed E-state index contributed by atoms with van der Waals surface area (Å²) in [5, 5.41) is 7.23. The number of aryl methyl sites for hydroxylation is 1. The first-order valence-electron chi connectivity index (χ1n) is 7.94. The van der Waals surface area contributed by atoms with E-state index in [1.54, 1.807) is 23.9 Å². The number of nitrogens with zero attached hydrogens (tertiary/aromatic N) is 4. The zero-order valence-corrected chi connectivity index (χ0v) is 13.8. The highest BCUT2D eigenvalue weighted by atomic mass is 16.5. The number of ether oxygens (including phenoxy) is 1. The van der Waals surface area contributed by atoms with Crippen LogP contribution in [0.15, 0.2) is 23.1 Å². The Bertz CT molecular complexity index is 721. The minimum absolute atomic E-state index is 0.0177. The van der Waals surface area contributed by atoms with Gasteiger partial charge in [-0.2, -0.15) is 5.10 Å². The summed E-state index contributed by atoms with van der Waals surface area (Å²) < 4.78 is 7.40. The molecule has 0 saturated carbocycles. The van der Waals surface area contributed by atoms with Crippen LogP contribution in [0.3, 0.4) is 0 Å². The molecule has 0 bridgehead atoms. The smallest absolute Gasteiger partial charge is 0.250 e. The Labute approximate surface area is 135 Å². The Morgan fingerprint density at radius 1 is 1.48 bits per heavy atom. The van der Waals surface area contributed by atoms with Gasteiger partial charge in [0, 0.05) is 44.9 Å². The van der Waals surface area contributed by atoms with Crippen LogP contribution < -0.4 is 5.56 Å². The van der Waals surface area contributed by atoms with Crippen molar-refractivity contribution < 1.29 is 4.74 Å². The number of hydrogen-bond donors (Lipinski definition) is 1. The predicted molar refractivity (Wildman–Crippen MR) is 86.1 cm³/mol. The van der Waals surface area contributed by atoms with Gasteiger partial charge in [0.15, 0.2) is 11.6 Å². The van der Waals surface area contributed by atoms with Gasteiger partial charge in [0.05, 0.1) is 6.61 Å². The first-order valence-corrected chi connectivity index (χ1v) is 7.94. The normalized spacial score (nSPS) is 19.4. The number of aromatic nitrogens is 4. The highest BCUT2D eigenvalue weighted by Gasteiger charge is 2.25. The van der Waals surface area contributed by atoms with Crippen LogP contribution >= 0.6 is 0 Å². The molecule has 1 aliphatic rings. The van der Waals surface area contributed by atoms with Gasteiger partial charge < -0.3 is 9.30 Å². The fourth-order valence-corrected chi connectivity index (χ4v) is 2.65. The lowest BCUT2D eigenvalue weighted by Crippen LogP contribution is -2.38. The molecule has 0 aliphatic carbocycles. The number of H-pyrrole nitrogens is 1. The quantitative estimate of drug-likeness (QED) is 0.917. The summed E-state index contributed by atoms with van der Waals surface area (Å²) in [5.41, 5.74) is 1.04. The maximum Gasteiger partial charge on any atom is 0.250 e. The first-order chi connectivity index (χ1) is 11.0. The third-order valence-electron chi connectivity index (χ3n) is 4.07. The van der Waals surface area contributed by atoms with E-state index in [2.05, 4.69) is 33.9 Å². The van der Waals surface area contributed by atoms with Crippen molar-refractivity contribution in [2.75, 3.05) is 19.7 Å². The molecule has 1 fully saturated rings. The number of morpholine rings is 1. The fraction of sp³-hybridized carbons (Fsp3) is 0.562. The van der Waals surface area contributed by atoms with Crippen molar-refractivity contribution in [1.82, 2.24) is 24.6 Å². The van der Waals surface area contributed by atoms with Crippen LogP contribution in [0.1, 0.15) is 43.1 Å². The molecule has 0 unspecified atom stereocenters. The van der Waals surface area contributed by atoms with E-state index in [-0.39, 0.29) is 11.7 Å². The molecule has 0 amide bonds. The van der Waals surface area contributed by atoms with Crippen LogP contribution in [0.5, 0.6) is 0 Å². The summed E-state index contributed by atoms with van der Waals surface area (Å²) in [7, 11) is 1.76. The molecule has 23 heavy (non-hydrogen) atoms. The van der Waals surface area contributed by atoms with Crippen molar-refractivity contribution in [2.24, 2.45) is 7.05 Å². The van der Waals surface area contributed by atoms with Gasteiger partial charge in [0.2, 0.25) is 0 Å². The van der Waals surface area contributed by atoms with Crippen molar-refractivity contribution in [3.8, 4) is 0 Å². The molecule has 3 heterocycles. The molecule has 1 N–H and O–H groups in total. The van der Waals surface area contributed by atoms with Crippen LogP contribution in [-0.2, 0) is 18.3 Å². The molecule has 2 aromatic rings. The maximum atomic E-state index is 11.7. The van der Waals surface area contributed by atoms with E-state index in [1.165, 1.54) is 0 Å². The monoisotopic (exact) mass is 317 g/mol. The lowest BCUT2D eigenvalue weighted by atomic mass is 10.2. The van der Waals surface area contributed by atoms with E-state index >= 15 is 0 Å². The number of rotatable bonds is 4. The molecule has 3 rings (SSSR count). The van der Waals surface area contributed by atoms with E-state index in [9.17, 15) is 4.79 Å². The molecule has 1 atom stereocenters. The van der Waals surface area contributed by atoms with Crippen LogP contribution in [0.2, 0.25) is 0 Å². The summed E-state index contributed by atoms with van der Waals surface area (Å²) in [4.78, 5) is 18.5. The van der Waals surface area contributed by atoms with Crippen molar-refractivity contribution >= 4 is 0 Å². The third-order valence-corrected chi connectivity index (χ3v) is 4.07. The van der Waals surface area contributed by atoms with Crippen LogP contribution in [-0.4, -0.2) is 44.3 Å². The average Bonchev–Trinajstić information content (AvgIpc) is 3.01. The Morgan fingerprint density at radius 2 is 2.30 bits per heavy atom. The van der Waals surface area contributed by atoms with Crippen molar-refractivity contribution in [3.63, 3.8) is 0 Å². The van der Waals surface area contributed by atoms with E-state index in [4.69, 9.17) is 4.74 Å². The number of aromatic amines is 1. The molecule has 1 aliphatic heterocycles. The average molecular weight is 317 g/mol. The lowest BCUT2D eigenvalue weighted by Gasteiger charge is -2.31. The van der Waals surface area contributed by atoms with Crippen LogP contribution in [0.4, 0.5) is 0 Å². The second kappa shape index (κ2) is 6.64. The molecule has 0 radical (unpaired) electrons. The zero-order chi connectivity index (χ0) is 16.4. The Balaban J connectivity index is 1.67. The van der Waals surface area contributed by atoms with Gasteiger partial charge in [-0.15, -0.1) is 0 Å². The van der Waals surface area contributed by atoms with Gasteiger partial charge in [0.1, 0.15) is 6.10 Å². The summed E-state index contributed by atoms with van der Waals surface area (Å²) in [5.74, 6) is 1.88. The molecule has 2 aromatic heterocycles. The van der Waals surface area contributed by atoms with Gasteiger partial charge >= 0.3 is 0 Å². The summed E-state index contributed by atoms with van der Waals surface area (Å²) in [6.45, 7) is 7.10. The highest BCUT2D eigenvalue weighted by Crippen LogP contribution is 2.21. The molecular formula is C16H23N5O2. The standard InChI is InChI=1S/C16H23N5O2/c1-11(2)15-17-16(19-18-15)13-10-21(6-7-23-13)9-12-4-5-20(3)14(22)8-12/h4-5,8,11,13H,6-7,9-10H2,1-3H3,(H,17,18,19)/t13-/m0/s1. The Morgan fingerprint density at radius 3 is 3.00 bits per heavy atom. The molecule has 124 valence electrons. The van der Waals surface area contributed by atoms with Gasteiger partial charge in [-0.05, 0) is 11.6 Å². The second-order valence-electron chi connectivity index (χ2n) is 6.31. The Kier molecular flexibility index (Phi) is 4.58. The maximum absolute atomic E-state index is 11.7. The Hall–Kier alpha value is -1.99. The zero-order valence-electron chi connectivity index (χ0n) is 13.8. The van der Waals surface area contributed by atoms with E-state index in [0.29, 0.717) is 12.5 Å². The largest absolute Gasteiger partial charge is 0.368 e. The van der Waals surface area contributed by atoms with E-state index in [0.717, 1.165) is 36.8 Å². The third kappa shape index (κ3) is 3.68. The van der Waals surface area contributed by atoms with Crippen LogP contribution in [0, 0.1) is 0 Å². The van der Waals surface area contributed by atoms with Crippen molar-refractivity contribution in [1.29, 1.82) is 0 Å².